The lowest BCUT2D eigenvalue weighted by atomic mass is 10.1. The molecule has 0 fully saturated rings. The van der Waals surface area contributed by atoms with Gasteiger partial charge in [0.25, 0.3) is 0 Å². The smallest absolute Gasteiger partial charge is 0.161 e. The Kier molecular flexibility index (Phi) is 4.63. The summed E-state index contributed by atoms with van der Waals surface area (Å²) in [5.41, 5.74) is 6.16. The average molecular weight is 397 g/mol. The SMILES string of the molecule is CC(C)c1cnn2c(NCCc3c[nH]c4ccccc34)cc(-c3cncnc3)nc12. The molecule has 0 aliphatic rings. The summed E-state index contributed by atoms with van der Waals surface area (Å²) in [6.45, 7) is 5.09. The minimum absolute atomic E-state index is 0.330. The first-order valence-corrected chi connectivity index (χ1v) is 10.1. The summed E-state index contributed by atoms with van der Waals surface area (Å²) in [4.78, 5) is 16.5. The molecule has 2 N–H and O–H groups in total. The highest BCUT2D eigenvalue weighted by molar-refractivity contribution is 5.83. The normalized spacial score (nSPS) is 11.6. The summed E-state index contributed by atoms with van der Waals surface area (Å²) in [6, 6.07) is 10.4. The molecule has 4 aromatic heterocycles. The highest BCUT2D eigenvalue weighted by atomic mass is 15.3. The van der Waals surface area contributed by atoms with Crippen molar-refractivity contribution in [2.75, 3.05) is 11.9 Å². The van der Waals surface area contributed by atoms with Crippen molar-refractivity contribution < 1.29 is 0 Å². The third-order valence-corrected chi connectivity index (χ3v) is 5.35. The van der Waals surface area contributed by atoms with Gasteiger partial charge in [0.1, 0.15) is 12.1 Å². The molecule has 5 rings (SSSR count). The Morgan fingerprint density at radius 1 is 1.10 bits per heavy atom. The Balaban J connectivity index is 1.48. The summed E-state index contributed by atoms with van der Waals surface area (Å²) >= 11 is 0. The lowest BCUT2D eigenvalue weighted by molar-refractivity contribution is 0.871. The van der Waals surface area contributed by atoms with E-state index < -0.39 is 0 Å². The number of hydrogen-bond acceptors (Lipinski definition) is 5. The molecule has 7 heteroatoms. The number of aromatic amines is 1. The van der Waals surface area contributed by atoms with Crippen LogP contribution in [-0.2, 0) is 6.42 Å². The summed E-state index contributed by atoms with van der Waals surface area (Å²) in [5, 5.41) is 9.42. The maximum Gasteiger partial charge on any atom is 0.161 e. The van der Waals surface area contributed by atoms with Crippen molar-refractivity contribution in [2.45, 2.75) is 26.2 Å². The van der Waals surface area contributed by atoms with Gasteiger partial charge in [-0.3, -0.25) is 0 Å². The number of para-hydroxylation sites is 1. The monoisotopic (exact) mass is 397 g/mol. The van der Waals surface area contributed by atoms with E-state index in [1.54, 1.807) is 12.4 Å². The first-order valence-electron chi connectivity index (χ1n) is 10.1. The molecule has 5 aromatic rings. The first kappa shape index (κ1) is 18.3. The van der Waals surface area contributed by atoms with Gasteiger partial charge in [0, 0.05) is 53.2 Å². The fraction of sp³-hybridized carbons (Fsp3) is 0.217. The highest BCUT2D eigenvalue weighted by Gasteiger charge is 2.15. The molecule has 0 bridgehead atoms. The summed E-state index contributed by atoms with van der Waals surface area (Å²) in [5.74, 6) is 1.24. The van der Waals surface area contributed by atoms with E-state index >= 15 is 0 Å². The van der Waals surface area contributed by atoms with Crippen LogP contribution in [0.3, 0.4) is 0 Å². The van der Waals surface area contributed by atoms with E-state index in [4.69, 9.17) is 4.98 Å². The van der Waals surface area contributed by atoms with Gasteiger partial charge in [-0.1, -0.05) is 32.0 Å². The second-order valence-corrected chi connectivity index (χ2v) is 7.68. The molecule has 0 aliphatic heterocycles. The van der Waals surface area contributed by atoms with Crippen molar-refractivity contribution in [1.82, 2.24) is 29.5 Å². The number of hydrogen-bond donors (Lipinski definition) is 2. The molecule has 0 atom stereocenters. The van der Waals surface area contributed by atoms with Gasteiger partial charge >= 0.3 is 0 Å². The van der Waals surface area contributed by atoms with Crippen molar-refractivity contribution in [1.29, 1.82) is 0 Å². The van der Waals surface area contributed by atoms with Gasteiger partial charge in [-0.05, 0) is 24.0 Å². The molecule has 150 valence electrons. The predicted octanol–water partition coefficient (Wildman–Crippen LogP) is 4.45. The fourth-order valence-electron chi connectivity index (χ4n) is 3.76. The Morgan fingerprint density at radius 3 is 2.77 bits per heavy atom. The summed E-state index contributed by atoms with van der Waals surface area (Å²) < 4.78 is 1.89. The van der Waals surface area contributed by atoms with Gasteiger partial charge in [-0.15, -0.1) is 0 Å². The number of benzene rings is 1. The summed E-state index contributed by atoms with van der Waals surface area (Å²) in [6.07, 6.45) is 9.99. The molecule has 0 saturated heterocycles. The number of aromatic nitrogens is 6. The Labute approximate surface area is 174 Å². The second-order valence-electron chi connectivity index (χ2n) is 7.68. The molecular weight excluding hydrogens is 374 g/mol. The lowest BCUT2D eigenvalue weighted by Gasteiger charge is -2.11. The maximum absolute atomic E-state index is 4.86. The van der Waals surface area contributed by atoms with E-state index in [-0.39, 0.29) is 0 Å². The average Bonchev–Trinajstić information content (AvgIpc) is 3.39. The van der Waals surface area contributed by atoms with E-state index in [9.17, 15) is 0 Å². The van der Waals surface area contributed by atoms with Crippen LogP contribution in [-0.4, -0.2) is 36.1 Å². The molecule has 0 radical (unpaired) electrons. The Bertz CT molecular complexity index is 1300. The van der Waals surface area contributed by atoms with Gasteiger partial charge in [0.15, 0.2) is 5.65 Å². The largest absolute Gasteiger partial charge is 0.370 e. The highest BCUT2D eigenvalue weighted by Crippen LogP contribution is 2.26. The molecule has 4 heterocycles. The van der Waals surface area contributed by atoms with Crippen LogP contribution in [0.15, 0.2) is 61.4 Å². The van der Waals surface area contributed by atoms with Crippen molar-refractivity contribution in [2.24, 2.45) is 0 Å². The topological polar surface area (TPSA) is 83.8 Å². The number of fused-ring (bicyclic) bond motifs is 2. The first-order chi connectivity index (χ1) is 14.7. The van der Waals surface area contributed by atoms with Crippen molar-refractivity contribution in [3.8, 4) is 11.3 Å². The van der Waals surface area contributed by atoms with E-state index in [1.165, 1.54) is 22.8 Å². The standard InChI is InChI=1S/C23H23N7/c1-15(2)19-13-28-30-22(9-21(29-23(19)30)17-10-24-14-25-11-17)26-8-7-16-12-27-20-6-4-3-5-18(16)20/h3-6,9-15,26-27H,7-8H2,1-2H3. The predicted molar refractivity (Wildman–Crippen MR) is 119 cm³/mol. The zero-order valence-corrected chi connectivity index (χ0v) is 17.0. The number of nitrogens with zero attached hydrogens (tertiary/aromatic N) is 5. The van der Waals surface area contributed by atoms with Crippen LogP contribution in [0, 0.1) is 0 Å². The minimum atomic E-state index is 0.330. The van der Waals surface area contributed by atoms with Crippen LogP contribution in [0.4, 0.5) is 5.82 Å². The van der Waals surface area contributed by atoms with E-state index in [2.05, 4.69) is 63.6 Å². The van der Waals surface area contributed by atoms with Gasteiger partial charge in [-0.25, -0.2) is 15.0 Å². The maximum atomic E-state index is 4.86. The van der Waals surface area contributed by atoms with Gasteiger partial charge in [0.05, 0.1) is 11.9 Å². The number of nitrogens with one attached hydrogen (secondary N) is 2. The van der Waals surface area contributed by atoms with Crippen molar-refractivity contribution in [3.63, 3.8) is 0 Å². The molecule has 0 unspecified atom stereocenters. The number of H-pyrrole nitrogens is 1. The molecular formula is C23H23N7. The zero-order valence-electron chi connectivity index (χ0n) is 17.0. The molecule has 1 aromatic carbocycles. The summed E-state index contributed by atoms with van der Waals surface area (Å²) in [7, 11) is 0. The number of anilines is 1. The van der Waals surface area contributed by atoms with Crippen molar-refractivity contribution >= 4 is 22.4 Å². The molecule has 0 spiro atoms. The van der Waals surface area contributed by atoms with Crippen LogP contribution < -0.4 is 5.32 Å². The van der Waals surface area contributed by atoms with Crippen LogP contribution in [0.2, 0.25) is 0 Å². The van der Waals surface area contributed by atoms with Gasteiger partial charge in [0.2, 0.25) is 0 Å². The van der Waals surface area contributed by atoms with Crippen LogP contribution in [0.5, 0.6) is 0 Å². The van der Waals surface area contributed by atoms with Crippen LogP contribution in [0.1, 0.15) is 30.9 Å². The van der Waals surface area contributed by atoms with Crippen LogP contribution in [0.25, 0.3) is 27.8 Å². The fourth-order valence-corrected chi connectivity index (χ4v) is 3.76. The third kappa shape index (κ3) is 3.28. The van der Waals surface area contributed by atoms with E-state index in [0.717, 1.165) is 41.3 Å². The molecule has 0 aliphatic carbocycles. The zero-order chi connectivity index (χ0) is 20.5. The van der Waals surface area contributed by atoms with Gasteiger partial charge in [-0.2, -0.15) is 9.61 Å². The van der Waals surface area contributed by atoms with E-state index in [1.807, 2.05) is 22.8 Å². The molecule has 0 amide bonds. The number of rotatable bonds is 6. The quantitative estimate of drug-likeness (QED) is 0.442. The third-order valence-electron chi connectivity index (χ3n) is 5.35. The molecule has 7 nitrogen and oxygen atoms in total. The van der Waals surface area contributed by atoms with Crippen molar-refractivity contribution in [3.05, 3.63) is 72.6 Å². The minimum Gasteiger partial charge on any atom is -0.370 e. The molecule has 30 heavy (non-hydrogen) atoms. The Hall–Kier alpha value is -3.74. The van der Waals surface area contributed by atoms with Crippen LogP contribution >= 0.6 is 0 Å². The Morgan fingerprint density at radius 2 is 1.93 bits per heavy atom. The second kappa shape index (κ2) is 7.59. The molecule has 0 saturated carbocycles. The lowest BCUT2D eigenvalue weighted by Crippen LogP contribution is -2.10. The van der Waals surface area contributed by atoms with E-state index in [0.29, 0.717) is 5.92 Å². The van der Waals surface area contributed by atoms with Gasteiger partial charge < -0.3 is 10.3 Å².